The monoisotopic (exact) mass is 430 g/mol. The molecule has 8 nitrogen and oxygen atoms in total. The summed E-state index contributed by atoms with van der Waals surface area (Å²) in [7, 11) is 0. The van der Waals surface area contributed by atoms with Crippen molar-refractivity contribution in [3.63, 3.8) is 0 Å². The molecule has 1 amide bonds. The summed E-state index contributed by atoms with van der Waals surface area (Å²) in [6.45, 7) is -0.109. The molecule has 9 heteroatoms. The molecule has 2 aromatic carbocycles. The van der Waals surface area contributed by atoms with Gasteiger partial charge in [0.25, 0.3) is 0 Å². The van der Waals surface area contributed by atoms with Crippen LogP contribution >= 0.6 is 11.8 Å². The number of nitrogens with one attached hydrogen (secondary N) is 1. The van der Waals surface area contributed by atoms with Crippen molar-refractivity contribution in [3.05, 3.63) is 66.2 Å². The summed E-state index contributed by atoms with van der Waals surface area (Å²) in [5.74, 6) is 0.315. The van der Waals surface area contributed by atoms with E-state index in [4.69, 9.17) is 10.2 Å². The summed E-state index contributed by atoms with van der Waals surface area (Å²) >= 11 is 1.33. The van der Waals surface area contributed by atoms with Gasteiger partial charge in [-0.2, -0.15) is 5.26 Å². The normalized spacial score (nSPS) is 10.6. The Hall–Kier alpha value is -4.03. The van der Waals surface area contributed by atoms with Gasteiger partial charge in [0.1, 0.15) is 23.9 Å². The van der Waals surface area contributed by atoms with Crippen LogP contribution in [0.4, 0.5) is 11.8 Å². The van der Waals surface area contributed by atoms with Gasteiger partial charge in [0, 0.05) is 11.1 Å². The average Bonchev–Trinajstić information content (AvgIpc) is 3.34. The van der Waals surface area contributed by atoms with Gasteiger partial charge in [-0.05, 0) is 11.8 Å². The lowest BCUT2D eigenvalue weighted by molar-refractivity contribution is -0.116. The second-order valence-electron chi connectivity index (χ2n) is 6.53. The van der Waals surface area contributed by atoms with Gasteiger partial charge in [-0.1, -0.05) is 72.4 Å². The number of furan rings is 1. The predicted octanol–water partition coefficient (Wildman–Crippen LogP) is 4.02. The number of carbonyl (C=O) groups is 1. The molecule has 2 aromatic heterocycles. The van der Waals surface area contributed by atoms with Gasteiger partial charge >= 0.3 is 0 Å². The number of aromatic nitrogens is 3. The van der Waals surface area contributed by atoms with Crippen molar-refractivity contribution in [1.82, 2.24) is 14.8 Å². The fourth-order valence-corrected chi connectivity index (χ4v) is 3.71. The number of carbonyl (C=O) groups excluding carboxylic acids is 1. The van der Waals surface area contributed by atoms with Gasteiger partial charge < -0.3 is 10.2 Å². The molecule has 0 saturated heterocycles. The third-order valence-electron chi connectivity index (χ3n) is 4.60. The van der Waals surface area contributed by atoms with Gasteiger partial charge in [-0.3, -0.25) is 14.7 Å². The van der Waals surface area contributed by atoms with E-state index in [0.717, 1.165) is 11.1 Å². The Balaban J connectivity index is 1.75. The van der Waals surface area contributed by atoms with E-state index in [0.29, 0.717) is 16.5 Å². The molecule has 0 fully saturated rings. The Kier molecular flexibility index (Phi) is 5.73. The number of nitriles is 1. The fourth-order valence-electron chi connectivity index (χ4n) is 3.21. The van der Waals surface area contributed by atoms with Crippen LogP contribution in [0.5, 0.6) is 0 Å². The van der Waals surface area contributed by atoms with E-state index < -0.39 is 5.91 Å². The average molecular weight is 430 g/mol. The molecule has 154 valence electrons. The largest absolute Gasteiger partial charge is 0.438 e. The first-order chi connectivity index (χ1) is 15.1. The molecule has 31 heavy (non-hydrogen) atoms. The van der Waals surface area contributed by atoms with Crippen molar-refractivity contribution in [2.75, 3.05) is 17.3 Å². The topological polar surface area (TPSA) is 123 Å². The minimum Gasteiger partial charge on any atom is -0.438 e. The maximum atomic E-state index is 12.7. The van der Waals surface area contributed by atoms with Gasteiger partial charge in [-0.25, -0.2) is 0 Å². The Morgan fingerprint density at radius 1 is 1.13 bits per heavy atom. The molecule has 4 rings (SSSR count). The molecule has 0 saturated carbocycles. The number of nitrogen functional groups attached to an aromatic ring is 1. The number of thioether (sulfide) groups is 1. The number of hydrogen-bond donors (Lipinski definition) is 2. The van der Waals surface area contributed by atoms with Crippen LogP contribution in [-0.2, 0) is 11.3 Å². The summed E-state index contributed by atoms with van der Waals surface area (Å²) in [5, 5.41) is 20.8. The van der Waals surface area contributed by atoms with Crippen LogP contribution in [-0.4, -0.2) is 26.9 Å². The third-order valence-corrected chi connectivity index (χ3v) is 5.27. The molecule has 0 aliphatic heterocycles. The summed E-state index contributed by atoms with van der Waals surface area (Å²) in [5.41, 5.74) is 8.30. The minimum absolute atomic E-state index is 0.0857. The van der Waals surface area contributed by atoms with Crippen molar-refractivity contribution in [1.29, 1.82) is 5.26 Å². The standard InChI is InChI=1S/C22H18N6O2S/c1-31-22-27-26-21(24)28(22)13-17(29)25-20-16(12-23)18(14-8-4-2-5-9-14)19(30-20)15-10-6-3-7-11-15/h2-11H,13H2,1H3,(H2,24,26)(H,25,29). The van der Waals surface area contributed by atoms with Gasteiger partial charge in [-0.15, -0.1) is 10.2 Å². The van der Waals surface area contributed by atoms with E-state index in [1.165, 1.54) is 16.3 Å². The van der Waals surface area contributed by atoms with Gasteiger partial charge in [0.15, 0.2) is 5.16 Å². The first-order valence-corrected chi connectivity index (χ1v) is 10.5. The maximum Gasteiger partial charge on any atom is 0.246 e. The Morgan fingerprint density at radius 2 is 1.77 bits per heavy atom. The highest BCUT2D eigenvalue weighted by Crippen LogP contribution is 2.41. The zero-order valence-electron chi connectivity index (χ0n) is 16.6. The Bertz CT molecular complexity index is 1260. The molecule has 0 aliphatic rings. The van der Waals surface area contributed by atoms with E-state index in [1.54, 1.807) is 0 Å². The molecule has 0 unspecified atom stereocenters. The van der Waals surface area contributed by atoms with Crippen LogP contribution in [0.3, 0.4) is 0 Å². The van der Waals surface area contributed by atoms with E-state index in [9.17, 15) is 10.1 Å². The SMILES string of the molecule is CSc1nnc(N)n1CC(=O)Nc1oc(-c2ccccc2)c(-c2ccccc2)c1C#N. The number of nitrogens with zero attached hydrogens (tertiary/aromatic N) is 4. The molecule has 4 aromatic rings. The zero-order valence-corrected chi connectivity index (χ0v) is 17.4. The second-order valence-corrected chi connectivity index (χ2v) is 7.31. The highest BCUT2D eigenvalue weighted by molar-refractivity contribution is 7.98. The summed E-state index contributed by atoms with van der Waals surface area (Å²) in [6.07, 6.45) is 1.82. The van der Waals surface area contributed by atoms with Crippen LogP contribution in [0.15, 0.2) is 70.2 Å². The third kappa shape index (κ3) is 4.01. The van der Waals surface area contributed by atoms with Crippen LogP contribution in [0, 0.1) is 11.3 Å². The maximum absolute atomic E-state index is 12.7. The highest BCUT2D eigenvalue weighted by atomic mass is 32.2. The Labute approximate surface area is 182 Å². The van der Waals surface area contributed by atoms with Gasteiger partial charge in [0.2, 0.25) is 17.7 Å². The smallest absolute Gasteiger partial charge is 0.246 e. The number of anilines is 2. The van der Waals surface area contributed by atoms with E-state index in [2.05, 4.69) is 21.6 Å². The lowest BCUT2D eigenvalue weighted by atomic mass is 9.98. The molecular weight excluding hydrogens is 412 g/mol. The lowest BCUT2D eigenvalue weighted by Gasteiger charge is -2.06. The molecule has 2 heterocycles. The van der Waals surface area contributed by atoms with E-state index >= 15 is 0 Å². The van der Waals surface area contributed by atoms with Crippen molar-refractivity contribution < 1.29 is 9.21 Å². The fraction of sp³-hybridized carbons (Fsp3) is 0.0909. The van der Waals surface area contributed by atoms with Crippen LogP contribution < -0.4 is 11.1 Å². The molecule has 0 spiro atoms. The van der Waals surface area contributed by atoms with Crippen molar-refractivity contribution in [2.24, 2.45) is 0 Å². The highest BCUT2D eigenvalue weighted by Gasteiger charge is 2.24. The van der Waals surface area contributed by atoms with Crippen LogP contribution in [0.2, 0.25) is 0 Å². The number of nitrogens with two attached hydrogens (primary N) is 1. The number of amides is 1. The second kappa shape index (κ2) is 8.77. The van der Waals surface area contributed by atoms with Crippen LogP contribution in [0.25, 0.3) is 22.5 Å². The van der Waals surface area contributed by atoms with Crippen molar-refractivity contribution >= 4 is 29.5 Å². The summed E-state index contributed by atoms with van der Waals surface area (Å²) < 4.78 is 7.51. The first-order valence-electron chi connectivity index (χ1n) is 9.32. The summed E-state index contributed by atoms with van der Waals surface area (Å²) in [6, 6.07) is 21.1. The quantitative estimate of drug-likeness (QED) is 0.443. The van der Waals surface area contributed by atoms with Gasteiger partial charge in [0.05, 0.1) is 0 Å². The lowest BCUT2D eigenvalue weighted by Crippen LogP contribution is -2.20. The number of hydrogen-bond acceptors (Lipinski definition) is 7. The zero-order chi connectivity index (χ0) is 21.8. The molecule has 3 N–H and O–H groups in total. The molecular formula is C22H18N6O2S. The van der Waals surface area contributed by atoms with Crippen molar-refractivity contribution in [2.45, 2.75) is 11.7 Å². The number of rotatable bonds is 6. The molecule has 0 bridgehead atoms. The van der Waals surface area contributed by atoms with Crippen molar-refractivity contribution in [3.8, 4) is 28.5 Å². The van der Waals surface area contributed by atoms with E-state index in [1.807, 2.05) is 66.9 Å². The Morgan fingerprint density at radius 3 is 2.39 bits per heavy atom. The summed E-state index contributed by atoms with van der Waals surface area (Å²) in [4.78, 5) is 12.7. The number of benzene rings is 2. The first kappa shape index (κ1) is 20.3. The molecule has 0 aliphatic carbocycles. The minimum atomic E-state index is -0.411. The predicted molar refractivity (Wildman–Crippen MR) is 119 cm³/mol. The van der Waals surface area contributed by atoms with Crippen LogP contribution in [0.1, 0.15) is 5.56 Å². The van der Waals surface area contributed by atoms with E-state index in [-0.39, 0.29) is 23.9 Å². The molecule has 0 atom stereocenters. The molecule has 0 radical (unpaired) electrons.